The summed E-state index contributed by atoms with van der Waals surface area (Å²) < 4.78 is 38.5. The molecule has 0 aromatic heterocycles. The van der Waals surface area contributed by atoms with E-state index in [4.69, 9.17) is 9.47 Å². The molecule has 3 rings (SSSR count). The maximum absolute atomic E-state index is 12.6. The largest absolute Gasteiger partial charge is 0.495 e. The zero-order chi connectivity index (χ0) is 18.6. The molecule has 0 bridgehead atoms. The van der Waals surface area contributed by atoms with Crippen molar-refractivity contribution in [2.75, 3.05) is 57.9 Å². The Balaban J connectivity index is 1.71. The summed E-state index contributed by atoms with van der Waals surface area (Å²) in [7, 11) is -2.15. The molecule has 2 fully saturated rings. The van der Waals surface area contributed by atoms with Crippen LogP contribution >= 0.6 is 0 Å². The first-order chi connectivity index (χ1) is 12.5. The van der Waals surface area contributed by atoms with Crippen molar-refractivity contribution >= 4 is 21.6 Å². The van der Waals surface area contributed by atoms with Gasteiger partial charge in [-0.1, -0.05) is 0 Å². The number of hydrogen-bond acceptors (Lipinski definition) is 6. The molecule has 0 spiro atoms. The van der Waals surface area contributed by atoms with Gasteiger partial charge in [-0.05, 0) is 24.6 Å². The van der Waals surface area contributed by atoms with Gasteiger partial charge >= 0.3 is 0 Å². The van der Waals surface area contributed by atoms with Crippen LogP contribution in [0.2, 0.25) is 0 Å². The highest BCUT2D eigenvalue weighted by molar-refractivity contribution is 7.89. The van der Waals surface area contributed by atoms with E-state index in [1.54, 1.807) is 11.0 Å². The Morgan fingerprint density at radius 1 is 1.23 bits per heavy atom. The Morgan fingerprint density at radius 2 is 2.00 bits per heavy atom. The number of morpholine rings is 1. The standard InChI is InChI=1S/C17H25N3O5S/c1-24-16-5-4-14(13-15(16)20-7-2-3-17(20)21)26(22,23)18-6-8-19-9-11-25-12-10-19/h4-5,13,18H,2-3,6-12H2,1H3. The Labute approximate surface area is 154 Å². The van der Waals surface area contributed by atoms with Gasteiger partial charge < -0.3 is 14.4 Å². The van der Waals surface area contributed by atoms with Gasteiger partial charge in [-0.3, -0.25) is 9.69 Å². The molecule has 26 heavy (non-hydrogen) atoms. The van der Waals surface area contributed by atoms with Crippen LogP contribution in [0.1, 0.15) is 12.8 Å². The van der Waals surface area contributed by atoms with Gasteiger partial charge in [0.05, 0.1) is 30.9 Å². The maximum Gasteiger partial charge on any atom is 0.240 e. The second-order valence-electron chi connectivity index (χ2n) is 6.33. The predicted octanol–water partition coefficient (Wildman–Crippen LogP) is 0.433. The number of ether oxygens (including phenoxy) is 2. The van der Waals surface area contributed by atoms with Gasteiger partial charge in [0.2, 0.25) is 15.9 Å². The van der Waals surface area contributed by atoms with E-state index < -0.39 is 10.0 Å². The Morgan fingerprint density at radius 3 is 2.65 bits per heavy atom. The van der Waals surface area contributed by atoms with Crippen LogP contribution in [0.15, 0.2) is 23.1 Å². The molecule has 8 nitrogen and oxygen atoms in total. The topological polar surface area (TPSA) is 88.2 Å². The first-order valence-electron chi connectivity index (χ1n) is 8.79. The third kappa shape index (κ3) is 4.35. The lowest BCUT2D eigenvalue weighted by atomic mass is 10.2. The highest BCUT2D eigenvalue weighted by Crippen LogP contribution is 2.33. The van der Waals surface area contributed by atoms with E-state index >= 15 is 0 Å². The summed E-state index contributed by atoms with van der Waals surface area (Å²) in [5.41, 5.74) is 0.506. The number of rotatable bonds is 7. The number of hydrogen-bond donors (Lipinski definition) is 1. The zero-order valence-electron chi connectivity index (χ0n) is 14.9. The van der Waals surface area contributed by atoms with E-state index in [9.17, 15) is 13.2 Å². The molecular formula is C17H25N3O5S. The van der Waals surface area contributed by atoms with E-state index in [-0.39, 0.29) is 10.8 Å². The average Bonchev–Trinajstić information content (AvgIpc) is 3.07. The molecule has 0 atom stereocenters. The highest BCUT2D eigenvalue weighted by atomic mass is 32.2. The molecule has 0 radical (unpaired) electrons. The monoisotopic (exact) mass is 383 g/mol. The Hall–Kier alpha value is -1.68. The summed E-state index contributed by atoms with van der Waals surface area (Å²) in [6.07, 6.45) is 1.23. The SMILES string of the molecule is COc1ccc(S(=O)(=O)NCCN2CCOCC2)cc1N1CCCC1=O. The van der Waals surface area contributed by atoms with Crippen molar-refractivity contribution < 1.29 is 22.7 Å². The van der Waals surface area contributed by atoms with Crippen molar-refractivity contribution in [2.45, 2.75) is 17.7 Å². The minimum absolute atomic E-state index is 0.0156. The molecule has 9 heteroatoms. The Kier molecular flexibility index (Phi) is 6.13. The predicted molar refractivity (Wildman–Crippen MR) is 97.0 cm³/mol. The fraction of sp³-hybridized carbons (Fsp3) is 0.588. The summed E-state index contributed by atoms with van der Waals surface area (Å²) in [6.45, 7) is 4.51. The van der Waals surface area contributed by atoms with Gasteiger partial charge in [0.1, 0.15) is 5.75 Å². The maximum atomic E-state index is 12.6. The van der Waals surface area contributed by atoms with Crippen molar-refractivity contribution in [1.29, 1.82) is 0 Å². The fourth-order valence-corrected chi connectivity index (χ4v) is 4.24. The molecular weight excluding hydrogens is 358 g/mol. The fourth-order valence-electron chi connectivity index (χ4n) is 3.20. The summed E-state index contributed by atoms with van der Waals surface area (Å²) in [5.74, 6) is 0.477. The molecule has 1 aromatic carbocycles. The lowest BCUT2D eigenvalue weighted by Gasteiger charge is -2.26. The van der Waals surface area contributed by atoms with Crippen molar-refractivity contribution in [1.82, 2.24) is 9.62 Å². The van der Waals surface area contributed by atoms with E-state index in [0.29, 0.717) is 50.7 Å². The third-order valence-corrected chi connectivity index (χ3v) is 6.11. The van der Waals surface area contributed by atoms with Crippen LogP contribution in [-0.4, -0.2) is 72.3 Å². The van der Waals surface area contributed by atoms with Crippen molar-refractivity contribution in [3.8, 4) is 5.75 Å². The van der Waals surface area contributed by atoms with Crippen LogP contribution in [-0.2, 0) is 19.6 Å². The zero-order valence-corrected chi connectivity index (χ0v) is 15.8. The number of benzene rings is 1. The van der Waals surface area contributed by atoms with E-state index in [2.05, 4.69) is 9.62 Å². The first kappa shape index (κ1) is 19.1. The molecule has 2 aliphatic rings. The number of carbonyl (C=O) groups excluding carboxylic acids is 1. The van der Waals surface area contributed by atoms with E-state index in [1.165, 1.54) is 19.2 Å². The molecule has 1 aromatic rings. The average molecular weight is 383 g/mol. The number of amides is 1. The minimum Gasteiger partial charge on any atom is -0.495 e. The van der Waals surface area contributed by atoms with Crippen LogP contribution in [0.25, 0.3) is 0 Å². The van der Waals surface area contributed by atoms with Gasteiger partial charge in [0, 0.05) is 39.1 Å². The van der Waals surface area contributed by atoms with Gasteiger partial charge in [0.25, 0.3) is 0 Å². The smallest absolute Gasteiger partial charge is 0.240 e. The Bertz CT molecular complexity index is 747. The number of methoxy groups -OCH3 is 1. The summed E-state index contributed by atoms with van der Waals surface area (Å²) in [4.78, 5) is 15.9. The molecule has 0 saturated carbocycles. The molecule has 1 amide bonds. The van der Waals surface area contributed by atoms with Crippen LogP contribution < -0.4 is 14.4 Å². The number of sulfonamides is 1. The molecule has 2 heterocycles. The lowest BCUT2D eigenvalue weighted by Crippen LogP contribution is -2.41. The number of nitrogens with zero attached hydrogens (tertiary/aromatic N) is 2. The van der Waals surface area contributed by atoms with Crippen LogP contribution in [0.4, 0.5) is 5.69 Å². The summed E-state index contributed by atoms with van der Waals surface area (Å²) in [6, 6.07) is 4.61. The van der Waals surface area contributed by atoms with E-state index in [1.807, 2.05) is 0 Å². The second kappa shape index (κ2) is 8.34. The number of nitrogens with one attached hydrogen (secondary N) is 1. The first-order valence-corrected chi connectivity index (χ1v) is 10.3. The van der Waals surface area contributed by atoms with Gasteiger partial charge in [-0.25, -0.2) is 13.1 Å². The van der Waals surface area contributed by atoms with Crippen LogP contribution in [0, 0.1) is 0 Å². The van der Waals surface area contributed by atoms with Crippen LogP contribution in [0.3, 0.4) is 0 Å². The minimum atomic E-state index is -3.66. The molecule has 2 aliphatic heterocycles. The summed E-state index contributed by atoms with van der Waals surface area (Å²) >= 11 is 0. The molecule has 0 unspecified atom stereocenters. The number of carbonyl (C=O) groups is 1. The second-order valence-corrected chi connectivity index (χ2v) is 8.10. The molecule has 1 N–H and O–H groups in total. The summed E-state index contributed by atoms with van der Waals surface area (Å²) in [5, 5.41) is 0. The highest BCUT2D eigenvalue weighted by Gasteiger charge is 2.26. The lowest BCUT2D eigenvalue weighted by molar-refractivity contribution is -0.117. The third-order valence-electron chi connectivity index (χ3n) is 4.65. The van der Waals surface area contributed by atoms with Gasteiger partial charge in [0.15, 0.2) is 0 Å². The van der Waals surface area contributed by atoms with Crippen LogP contribution in [0.5, 0.6) is 5.75 Å². The van der Waals surface area contributed by atoms with Crippen molar-refractivity contribution in [2.24, 2.45) is 0 Å². The molecule has 144 valence electrons. The van der Waals surface area contributed by atoms with Gasteiger partial charge in [-0.2, -0.15) is 0 Å². The normalized spacial score (nSPS) is 19.1. The number of anilines is 1. The quantitative estimate of drug-likeness (QED) is 0.735. The van der Waals surface area contributed by atoms with Gasteiger partial charge in [-0.15, -0.1) is 0 Å². The van der Waals surface area contributed by atoms with Crippen molar-refractivity contribution in [3.05, 3.63) is 18.2 Å². The van der Waals surface area contributed by atoms with E-state index in [0.717, 1.165) is 19.5 Å². The molecule has 0 aliphatic carbocycles. The van der Waals surface area contributed by atoms with Crippen molar-refractivity contribution in [3.63, 3.8) is 0 Å². The molecule has 2 saturated heterocycles.